The zero-order valence-corrected chi connectivity index (χ0v) is 23.1. The lowest BCUT2D eigenvalue weighted by atomic mass is 9.79. The molecule has 4 heterocycles. The maximum absolute atomic E-state index is 14.1. The van der Waals surface area contributed by atoms with Crippen molar-refractivity contribution in [3.05, 3.63) is 65.2 Å². The van der Waals surface area contributed by atoms with Gasteiger partial charge in [-0.25, -0.2) is 9.97 Å². The zero-order chi connectivity index (χ0) is 26.8. The Hall–Kier alpha value is -3.46. The van der Waals surface area contributed by atoms with E-state index in [1.165, 1.54) is 5.56 Å². The van der Waals surface area contributed by atoms with Gasteiger partial charge in [-0.1, -0.05) is 12.1 Å². The molecule has 3 aromatic rings. The number of anilines is 1. The van der Waals surface area contributed by atoms with Gasteiger partial charge >= 0.3 is 0 Å². The predicted molar refractivity (Wildman–Crippen MR) is 147 cm³/mol. The fraction of sp³-hybridized carbons (Fsp3) is 0.517. The molecule has 38 heavy (non-hydrogen) atoms. The highest BCUT2D eigenvalue weighted by Crippen LogP contribution is 2.36. The number of hydrogen-bond acceptors (Lipinski definition) is 7. The average Bonchev–Trinajstić information content (AvgIpc) is 3.31. The summed E-state index contributed by atoms with van der Waals surface area (Å²) < 4.78 is 7.74. The molecule has 2 aliphatic rings. The number of nitrogens with one attached hydrogen (secondary N) is 1. The Morgan fingerprint density at radius 2 is 2.08 bits per heavy atom. The number of ether oxygens (including phenoxy) is 1. The predicted octanol–water partition coefficient (Wildman–Crippen LogP) is 3.62. The number of piperidine rings is 1. The van der Waals surface area contributed by atoms with E-state index in [2.05, 4.69) is 46.4 Å². The largest absolute Gasteiger partial charge is 0.491 e. The Bertz CT molecular complexity index is 1270. The number of benzene rings is 1. The summed E-state index contributed by atoms with van der Waals surface area (Å²) in [5.74, 6) is 1.69. The second kappa shape index (κ2) is 11.1. The topological polar surface area (TPSA) is 88.4 Å². The zero-order valence-electron chi connectivity index (χ0n) is 23.1. The number of nitrogens with zero attached hydrogens (tertiary/aromatic N) is 6. The lowest BCUT2D eigenvalue weighted by molar-refractivity contribution is -0.141. The van der Waals surface area contributed by atoms with Gasteiger partial charge in [0.15, 0.2) is 0 Å². The van der Waals surface area contributed by atoms with Crippen LogP contribution in [0.2, 0.25) is 0 Å². The molecule has 202 valence electrons. The number of fused-ring (bicyclic) bond motifs is 1. The fourth-order valence-electron chi connectivity index (χ4n) is 5.65. The molecule has 1 fully saturated rings. The van der Waals surface area contributed by atoms with Crippen LogP contribution >= 0.6 is 0 Å². The quantitative estimate of drug-likeness (QED) is 0.512. The lowest BCUT2D eigenvalue weighted by Gasteiger charge is -2.42. The summed E-state index contributed by atoms with van der Waals surface area (Å²) in [6, 6.07) is 10.4. The third-order valence-corrected chi connectivity index (χ3v) is 7.59. The van der Waals surface area contributed by atoms with E-state index in [1.54, 1.807) is 4.68 Å². The Morgan fingerprint density at radius 1 is 1.24 bits per heavy atom. The third-order valence-electron chi connectivity index (χ3n) is 7.59. The first-order valence-electron chi connectivity index (χ1n) is 13.6. The number of amides is 1. The van der Waals surface area contributed by atoms with E-state index in [4.69, 9.17) is 9.72 Å². The molecule has 0 spiro atoms. The van der Waals surface area contributed by atoms with Gasteiger partial charge in [-0.15, -0.1) is 0 Å². The van der Waals surface area contributed by atoms with Gasteiger partial charge in [0.25, 0.3) is 0 Å². The van der Waals surface area contributed by atoms with E-state index < -0.39 is 0 Å². The van der Waals surface area contributed by atoms with Crippen molar-refractivity contribution < 1.29 is 9.53 Å². The summed E-state index contributed by atoms with van der Waals surface area (Å²) in [4.78, 5) is 27.8. The molecule has 0 saturated carbocycles. The molecule has 5 rings (SSSR count). The van der Waals surface area contributed by atoms with Crippen molar-refractivity contribution >= 4 is 11.9 Å². The molecule has 0 aliphatic carbocycles. The Balaban J connectivity index is 1.33. The maximum atomic E-state index is 14.1. The van der Waals surface area contributed by atoms with Crippen molar-refractivity contribution in [1.29, 1.82) is 0 Å². The van der Waals surface area contributed by atoms with Crippen LogP contribution in [0.25, 0.3) is 0 Å². The normalized spacial score (nSPS) is 21.8. The van der Waals surface area contributed by atoms with E-state index in [0.717, 1.165) is 48.6 Å². The minimum atomic E-state index is -0.0758. The van der Waals surface area contributed by atoms with E-state index in [-0.39, 0.29) is 29.9 Å². The van der Waals surface area contributed by atoms with Crippen LogP contribution in [0, 0.1) is 5.92 Å². The first-order chi connectivity index (χ1) is 18.3. The summed E-state index contributed by atoms with van der Waals surface area (Å²) in [6.07, 6.45) is 5.53. The van der Waals surface area contributed by atoms with Crippen LogP contribution in [-0.4, -0.2) is 67.7 Å². The van der Waals surface area contributed by atoms with Crippen LogP contribution in [0.1, 0.15) is 55.6 Å². The molecule has 0 bridgehead atoms. The van der Waals surface area contributed by atoms with Crippen LogP contribution in [0.4, 0.5) is 5.95 Å². The Labute approximate surface area is 225 Å². The number of carbonyl (C=O) groups is 1. The molecule has 9 nitrogen and oxygen atoms in total. The number of likely N-dealkylation sites (N-methyl/N-ethyl adjacent to an activating group) is 1. The number of likely N-dealkylation sites (tertiary alicyclic amines) is 1. The van der Waals surface area contributed by atoms with Crippen LogP contribution in [-0.2, 0) is 31.4 Å². The van der Waals surface area contributed by atoms with Crippen molar-refractivity contribution in [1.82, 2.24) is 29.5 Å². The maximum Gasteiger partial charge on any atom is 0.227 e. The van der Waals surface area contributed by atoms with Gasteiger partial charge in [-0.3, -0.25) is 9.48 Å². The van der Waals surface area contributed by atoms with Crippen LogP contribution in [0.3, 0.4) is 0 Å². The summed E-state index contributed by atoms with van der Waals surface area (Å²) in [7, 11) is 4.04. The van der Waals surface area contributed by atoms with E-state index in [9.17, 15) is 4.79 Å². The molecule has 3 atom stereocenters. The summed E-state index contributed by atoms with van der Waals surface area (Å²) >= 11 is 0. The molecule has 2 aliphatic heterocycles. The highest BCUT2D eigenvalue weighted by molar-refractivity contribution is 5.81. The standard InChI is InChI=1S/C29H39N7O2/c1-19(2)38-24-8-6-7-21(14-24)26-17-34(4)11-10-25(26)28(37)36-18-27-22(13-20(36)3)15-30-29(32-27)31-16-23-9-12-35(5)33-23/h6-9,12,14-15,19-20,25-26H,10-11,13,16-18H2,1-5H3,(H,30,31,32)/t20-,25-,26+/m1/s1. The highest BCUT2D eigenvalue weighted by Gasteiger charge is 2.39. The van der Waals surface area contributed by atoms with Crippen LogP contribution < -0.4 is 10.1 Å². The number of aryl methyl sites for hydroxylation is 1. The number of hydrogen-bond donors (Lipinski definition) is 1. The van der Waals surface area contributed by atoms with Crippen LogP contribution in [0.5, 0.6) is 5.75 Å². The van der Waals surface area contributed by atoms with Gasteiger partial charge < -0.3 is 19.9 Å². The minimum Gasteiger partial charge on any atom is -0.491 e. The monoisotopic (exact) mass is 517 g/mol. The molecule has 1 saturated heterocycles. The highest BCUT2D eigenvalue weighted by atomic mass is 16.5. The first kappa shape index (κ1) is 26.2. The summed E-state index contributed by atoms with van der Waals surface area (Å²) in [5.41, 5.74) is 4.13. The summed E-state index contributed by atoms with van der Waals surface area (Å²) in [6.45, 7) is 9.02. The van der Waals surface area contributed by atoms with Gasteiger partial charge in [0, 0.05) is 43.9 Å². The van der Waals surface area contributed by atoms with Crippen molar-refractivity contribution in [3.8, 4) is 5.75 Å². The van der Waals surface area contributed by atoms with Crippen molar-refractivity contribution in [2.24, 2.45) is 13.0 Å². The van der Waals surface area contributed by atoms with Gasteiger partial charge in [-0.2, -0.15) is 5.10 Å². The number of aromatic nitrogens is 4. The molecule has 2 aromatic heterocycles. The van der Waals surface area contributed by atoms with Crippen molar-refractivity contribution in [3.63, 3.8) is 0 Å². The number of carbonyl (C=O) groups excluding carboxylic acids is 1. The SMILES string of the molecule is CC(C)Oc1cccc([C@@H]2CN(C)CC[C@H]2C(=O)N2Cc3nc(NCc4ccn(C)n4)ncc3C[C@H]2C)c1. The average molecular weight is 518 g/mol. The van der Waals surface area contributed by atoms with Crippen LogP contribution in [0.15, 0.2) is 42.7 Å². The van der Waals surface area contributed by atoms with E-state index in [0.29, 0.717) is 19.0 Å². The summed E-state index contributed by atoms with van der Waals surface area (Å²) in [5, 5.41) is 7.68. The minimum absolute atomic E-state index is 0.0758. The molecule has 1 amide bonds. The number of rotatable bonds is 7. The fourth-order valence-corrected chi connectivity index (χ4v) is 5.65. The third kappa shape index (κ3) is 5.83. The van der Waals surface area contributed by atoms with Crippen molar-refractivity contribution in [2.45, 2.75) is 64.8 Å². The first-order valence-corrected chi connectivity index (χ1v) is 13.6. The lowest BCUT2D eigenvalue weighted by Crippen LogP contribution is -2.50. The Morgan fingerprint density at radius 3 is 2.84 bits per heavy atom. The van der Waals surface area contributed by atoms with Gasteiger partial charge in [0.05, 0.1) is 30.6 Å². The molecular weight excluding hydrogens is 478 g/mol. The van der Waals surface area contributed by atoms with Gasteiger partial charge in [-0.05, 0) is 76.5 Å². The van der Waals surface area contributed by atoms with Gasteiger partial charge in [0.1, 0.15) is 5.75 Å². The second-order valence-electron chi connectivity index (χ2n) is 11.0. The Kier molecular flexibility index (Phi) is 7.65. The van der Waals surface area contributed by atoms with Crippen molar-refractivity contribution in [2.75, 3.05) is 25.5 Å². The second-order valence-corrected chi connectivity index (χ2v) is 11.0. The molecule has 0 radical (unpaired) electrons. The molecule has 1 N–H and O–H groups in total. The molecule has 1 aromatic carbocycles. The smallest absolute Gasteiger partial charge is 0.227 e. The molecule has 0 unspecified atom stereocenters. The molecule has 9 heteroatoms. The molecular formula is C29H39N7O2. The van der Waals surface area contributed by atoms with E-state index in [1.807, 2.05) is 56.4 Å². The van der Waals surface area contributed by atoms with E-state index >= 15 is 0 Å². The van der Waals surface area contributed by atoms with Gasteiger partial charge in [0.2, 0.25) is 11.9 Å².